The summed E-state index contributed by atoms with van der Waals surface area (Å²) in [6.07, 6.45) is 5.35. The molecule has 16 heavy (non-hydrogen) atoms. The van der Waals surface area contributed by atoms with Crippen molar-refractivity contribution in [3.8, 4) is 0 Å². The Balaban J connectivity index is 1.60. The highest BCUT2D eigenvalue weighted by atomic mass is 14.6. The summed E-state index contributed by atoms with van der Waals surface area (Å²) in [5.74, 6) is 3.77. The summed E-state index contributed by atoms with van der Waals surface area (Å²) in [4.78, 5) is 0. The second kappa shape index (κ2) is 3.76. The van der Waals surface area contributed by atoms with Crippen LogP contribution >= 0.6 is 0 Å². The van der Waals surface area contributed by atoms with Gasteiger partial charge < -0.3 is 0 Å². The Kier molecular flexibility index (Phi) is 2.38. The molecule has 2 saturated carbocycles. The van der Waals surface area contributed by atoms with Crippen molar-refractivity contribution in [3.63, 3.8) is 0 Å². The number of benzene rings is 1. The lowest BCUT2D eigenvalue weighted by Crippen LogP contribution is -1.87. The molecule has 2 aliphatic rings. The molecule has 0 unspecified atom stereocenters. The van der Waals surface area contributed by atoms with Crippen molar-refractivity contribution in [1.82, 2.24) is 0 Å². The molecule has 0 radical (unpaired) electrons. The van der Waals surface area contributed by atoms with Crippen molar-refractivity contribution in [3.05, 3.63) is 47.5 Å². The van der Waals surface area contributed by atoms with Gasteiger partial charge >= 0.3 is 0 Å². The Bertz CT molecular complexity index is 397. The zero-order chi connectivity index (χ0) is 11.1. The minimum Gasteiger partial charge on any atom is -0.0825 e. The molecule has 0 aliphatic heterocycles. The smallest absolute Gasteiger partial charge is 0.0128 e. The molecule has 0 N–H and O–H groups in total. The summed E-state index contributed by atoms with van der Waals surface area (Å²) in [5, 5.41) is 0. The monoisotopic (exact) mass is 212 g/mol. The summed E-state index contributed by atoms with van der Waals surface area (Å²) in [6, 6.07) is 11.0. The first-order chi connectivity index (χ1) is 7.75. The maximum atomic E-state index is 2.48. The van der Waals surface area contributed by atoms with E-state index in [1.807, 2.05) is 0 Å². The van der Waals surface area contributed by atoms with Gasteiger partial charge in [-0.15, -0.1) is 0 Å². The third-order valence-corrected chi connectivity index (χ3v) is 4.06. The molecule has 1 aromatic rings. The first kappa shape index (κ1) is 10.1. The standard InChI is InChI=1S/C16H20/c1-11(2)8-13-9-14(13)16-10-15(16)12-6-4-3-5-7-12/h3-8,13-16H,9-10H2,1-2H3/t13-,14-,15+,16+/m0/s1. The van der Waals surface area contributed by atoms with Gasteiger partial charge in [-0.25, -0.2) is 0 Å². The summed E-state index contributed by atoms with van der Waals surface area (Å²) >= 11 is 0. The van der Waals surface area contributed by atoms with Gasteiger partial charge in [0.15, 0.2) is 0 Å². The van der Waals surface area contributed by atoms with Crippen LogP contribution in [0.2, 0.25) is 0 Å². The van der Waals surface area contributed by atoms with Gasteiger partial charge in [0.05, 0.1) is 0 Å². The number of allylic oxidation sites excluding steroid dienone is 2. The number of hydrogen-bond acceptors (Lipinski definition) is 0. The van der Waals surface area contributed by atoms with Crippen LogP contribution in [0.15, 0.2) is 42.0 Å². The van der Waals surface area contributed by atoms with Crippen LogP contribution in [0.3, 0.4) is 0 Å². The van der Waals surface area contributed by atoms with Crippen LogP contribution in [0.5, 0.6) is 0 Å². The van der Waals surface area contributed by atoms with E-state index in [1.54, 1.807) is 5.56 Å². The van der Waals surface area contributed by atoms with E-state index in [9.17, 15) is 0 Å². The Morgan fingerprint density at radius 1 is 1.06 bits per heavy atom. The number of hydrogen-bond donors (Lipinski definition) is 0. The maximum absolute atomic E-state index is 2.48. The quantitative estimate of drug-likeness (QED) is 0.652. The van der Waals surface area contributed by atoms with Gasteiger partial charge in [-0.2, -0.15) is 0 Å². The van der Waals surface area contributed by atoms with Crippen LogP contribution in [0.25, 0.3) is 0 Å². The molecule has 0 spiro atoms. The van der Waals surface area contributed by atoms with E-state index in [4.69, 9.17) is 0 Å². The lowest BCUT2D eigenvalue weighted by atomic mass is 10.1. The minimum atomic E-state index is 0.877. The molecule has 2 aliphatic carbocycles. The van der Waals surface area contributed by atoms with Crippen LogP contribution in [-0.2, 0) is 0 Å². The molecular weight excluding hydrogens is 192 g/mol. The van der Waals surface area contributed by atoms with Crippen LogP contribution in [0, 0.1) is 17.8 Å². The average molecular weight is 212 g/mol. The van der Waals surface area contributed by atoms with Gasteiger partial charge in [-0.05, 0) is 55.9 Å². The second-order valence-corrected chi connectivity index (χ2v) is 5.72. The fourth-order valence-electron chi connectivity index (χ4n) is 3.12. The largest absolute Gasteiger partial charge is 0.0825 e. The first-order valence-corrected chi connectivity index (χ1v) is 6.45. The highest BCUT2D eigenvalue weighted by molar-refractivity contribution is 5.28. The fraction of sp³-hybridized carbons (Fsp3) is 0.500. The molecular formula is C16H20. The minimum absolute atomic E-state index is 0.877. The molecule has 0 heterocycles. The molecule has 0 bridgehead atoms. The fourth-order valence-corrected chi connectivity index (χ4v) is 3.12. The molecule has 1 aromatic carbocycles. The third-order valence-electron chi connectivity index (χ3n) is 4.06. The Morgan fingerprint density at radius 2 is 1.81 bits per heavy atom. The highest BCUT2D eigenvalue weighted by Crippen LogP contribution is 2.62. The average Bonchev–Trinajstić information content (AvgIpc) is 3.10. The van der Waals surface area contributed by atoms with Crippen molar-refractivity contribution in [2.75, 3.05) is 0 Å². The Morgan fingerprint density at radius 3 is 2.50 bits per heavy atom. The van der Waals surface area contributed by atoms with Crippen molar-refractivity contribution >= 4 is 0 Å². The van der Waals surface area contributed by atoms with E-state index >= 15 is 0 Å². The topological polar surface area (TPSA) is 0 Å². The third kappa shape index (κ3) is 1.93. The molecule has 0 nitrogen and oxygen atoms in total. The van der Waals surface area contributed by atoms with E-state index < -0.39 is 0 Å². The summed E-state index contributed by atoms with van der Waals surface area (Å²) < 4.78 is 0. The predicted molar refractivity (Wildman–Crippen MR) is 68.3 cm³/mol. The summed E-state index contributed by atoms with van der Waals surface area (Å²) in [5.41, 5.74) is 3.06. The van der Waals surface area contributed by atoms with Crippen molar-refractivity contribution in [2.45, 2.75) is 32.6 Å². The van der Waals surface area contributed by atoms with Crippen molar-refractivity contribution in [1.29, 1.82) is 0 Å². The maximum Gasteiger partial charge on any atom is -0.0128 e. The molecule has 0 saturated heterocycles. The summed E-state index contributed by atoms with van der Waals surface area (Å²) in [7, 11) is 0. The zero-order valence-electron chi connectivity index (χ0n) is 10.2. The molecule has 4 atom stereocenters. The van der Waals surface area contributed by atoms with Crippen LogP contribution < -0.4 is 0 Å². The van der Waals surface area contributed by atoms with Gasteiger partial charge in [0.2, 0.25) is 0 Å². The molecule has 0 amide bonds. The van der Waals surface area contributed by atoms with E-state index in [0.717, 1.165) is 23.7 Å². The summed E-state index contributed by atoms with van der Waals surface area (Å²) in [6.45, 7) is 4.44. The van der Waals surface area contributed by atoms with Crippen LogP contribution in [0.1, 0.15) is 38.2 Å². The van der Waals surface area contributed by atoms with Crippen LogP contribution in [0.4, 0.5) is 0 Å². The van der Waals surface area contributed by atoms with E-state index in [2.05, 4.69) is 50.3 Å². The zero-order valence-corrected chi connectivity index (χ0v) is 10.2. The lowest BCUT2D eigenvalue weighted by Gasteiger charge is -1.99. The van der Waals surface area contributed by atoms with E-state index in [-0.39, 0.29) is 0 Å². The van der Waals surface area contributed by atoms with Crippen molar-refractivity contribution < 1.29 is 0 Å². The van der Waals surface area contributed by atoms with Gasteiger partial charge in [0.25, 0.3) is 0 Å². The van der Waals surface area contributed by atoms with Gasteiger partial charge in [0.1, 0.15) is 0 Å². The van der Waals surface area contributed by atoms with E-state index in [0.29, 0.717) is 0 Å². The second-order valence-electron chi connectivity index (χ2n) is 5.72. The molecule has 84 valence electrons. The molecule has 2 fully saturated rings. The molecule has 0 aromatic heterocycles. The highest BCUT2D eigenvalue weighted by Gasteiger charge is 2.52. The predicted octanol–water partition coefficient (Wildman–Crippen LogP) is 4.39. The van der Waals surface area contributed by atoms with E-state index in [1.165, 1.54) is 18.4 Å². The van der Waals surface area contributed by atoms with Crippen molar-refractivity contribution in [2.24, 2.45) is 17.8 Å². The van der Waals surface area contributed by atoms with Gasteiger partial charge in [-0.3, -0.25) is 0 Å². The van der Waals surface area contributed by atoms with Gasteiger partial charge in [-0.1, -0.05) is 42.0 Å². The molecule has 0 heteroatoms. The van der Waals surface area contributed by atoms with Crippen LogP contribution in [-0.4, -0.2) is 0 Å². The lowest BCUT2D eigenvalue weighted by molar-refractivity contribution is 0.657. The first-order valence-electron chi connectivity index (χ1n) is 6.45. The Hall–Kier alpha value is -1.04. The SMILES string of the molecule is CC(C)=C[C@H]1C[C@@H]1[C@H]1C[C@@H]1c1ccccc1. The Labute approximate surface area is 98.4 Å². The number of rotatable bonds is 3. The molecule has 3 rings (SSSR count). The van der Waals surface area contributed by atoms with Gasteiger partial charge in [0, 0.05) is 0 Å². The normalized spacial score (nSPS) is 35.6.